The largest absolute Gasteiger partial charge is 0.476 e. The summed E-state index contributed by atoms with van der Waals surface area (Å²) in [4.78, 5) is 13.8. The van der Waals surface area contributed by atoms with Gasteiger partial charge in [-0.1, -0.05) is 18.2 Å². The molecule has 0 saturated carbocycles. The molecular weight excluding hydrogens is 266 g/mol. The first-order chi connectivity index (χ1) is 10.1. The summed E-state index contributed by atoms with van der Waals surface area (Å²) in [7, 11) is 0. The van der Waals surface area contributed by atoms with Gasteiger partial charge >= 0.3 is 5.97 Å². The Morgan fingerprint density at radius 1 is 1.19 bits per heavy atom. The van der Waals surface area contributed by atoms with Gasteiger partial charge in [0, 0.05) is 17.5 Å². The minimum absolute atomic E-state index is 0.0503. The summed E-state index contributed by atoms with van der Waals surface area (Å²) in [5.41, 5.74) is 1.50. The van der Waals surface area contributed by atoms with E-state index in [1.165, 1.54) is 6.42 Å². The minimum atomic E-state index is -1.02. The molecule has 0 amide bonds. The zero-order valence-electron chi connectivity index (χ0n) is 12.3. The van der Waals surface area contributed by atoms with Gasteiger partial charge in [0.25, 0.3) is 0 Å². The topological polar surface area (TPSA) is 66.3 Å². The summed E-state index contributed by atoms with van der Waals surface area (Å²) < 4.78 is 0. The number of carboxylic acids is 1. The molecule has 110 valence electrons. The monoisotopic (exact) mass is 285 g/mol. The summed E-state index contributed by atoms with van der Waals surface area (Å²) in [6.45, 7) is 4.30. The van der Waals surface area contributed by atoms with E-state index in [1.807, 2.05) is 24.3 Å². The summed E-state index contributed by atoms with van der Waals surface area (Å²) in [5.74, 6) is -1.02. The molecule has 0 spiro atoms. The van der Waals surface area contributed by atoms with E-state index in [1.54, 1.807) is 0 Å². The Hall–Kier alpha value is -2.17. The van der Waals surface area contributed by atoms with Crippen LogP contribution in [0.15, 0.2) is 24.3 Å². The summed E-state index contributed by atoms with van der Waals surface area (Å²) in [6, 6.07) is 8.22. The molecule has 1 fully saturated rings. The molecule has 21 heavy (non-hydrogen) atoms. The van der Waals surface area contributed by atoms with Crippen molar-refractivity contribution in [2.24, 2.45) is 0 Å². The predicted molar refractivity (Wildman–Crippen MR) is 81.8 cm³/mol. The van der Waals surface area contributed by atoms with Crippen LogP contribution in [0.3, 0.4) is 0 Å². The van der Waals surface area contributed by atoms with E-state index in [2.05, 4.69) is 28.9 Å². The van der Waals surface area contributed by atoms with Gasteiger partial charge in [-0.2, -0.15) is 0 Å². The first kappa shape index (κ1) is 13.8. The SMILES string of the molecule is CC1CCCC(C)N1c1c(C(=O)O)nnc2ccccc12. The fourth-order valence-electron chi connectivity index (χ4n) is 3.31. The van der Waals surface area contributed by atoms with Crippen LogP contribution in [0.5, 0.6) is 0 Å². The van der Waals surface area contributed by atoms with Gasteiger partial charge in [-0.3, -0.25) is 0 Å². The number of carboxylic acid groups (broad SMARTS) is 1. The first-order valence-electron chi connectivity index (χ1n) is 7.36. The van der Waals surface area contributed by atoms with Crippen molar-refractivity contribution in [1.29, 1.82) is 0 Å². The Balaban J connectivity index is 2.27. The van der Waals surface area contributed by atoms with E-state index in [4.69, 9.17) is 0 Å². The molecule has 2 heterocycles. The second kappa shape index (κ2) is 5.31. The Labute approximate surface area is 123 Å². The lowest BCUT2D eigenvalue weighted by atomic mass is 9.95. The van der Waals surface area contributed by atoms with Crippen LogP contribution in [0.1, 0.15) is 43.6 Å². The van der Waals surface area contributed by atoms with Gasteiger partial charge in [-0.15, -0.1) is 10.2 Å². The van der Waals surface area contributed by atoms with Gasteiger partial charge in [0.1, 0.15) is 0 Å². The Morgan fingerprint density at radius 2 is 1.86 bits per heavy atom. The third-order valence-electron chi connectivity index (χ3n) is 4.30. The fourth-order valence-corrected chi connectivity index (χ4v) is 3.31. The number of piperidine rings is 1. The number of fused-ring (bicyclic) bond motifs is 1. The molecule has 0 aliphatic carbocycles. The smallest absolute Gasteiger partial charge is 0.358 e. The molecule has 2 aromatic rings. The molecule has 1 aliphatic heterocycles. The number of aromatic nitrogens is 2. The van der Waals surface area contributed by atoms with Crippen molar-refractivity contribution in [3.05, 3.63) is 30.0 Å². The number of hydrogen-bond acceptors (Lipinski definition) is 4. The molecule has 5 heteroatoms. The third-order valence-corrected chi connectivity index (χ3v) is 4.30. The highest BCUT2D eigenvalue weighted by Gasteiger charge is 2.30. The summed E-state index contributed by atoms with van der Waals surface area (Å²) in [6.07, 6.45) is 3.32. The molecule has 2 atom stereocenters. The van der Waals surface area contributed by atoms with Crippen molar-refractivity contribution < 1.29 is 9.90 Å². The Kier molecular flexibility index (Phi) is 3.49. The maximum absolute atomic E-state index is 11.6. The van der Waals surface area contributed by atoms with Gasteiger partial charge < -0.3 is 10.0 Å². The molecule has 3 rings (SSSR count). The predicted octanol–water partition coefficient (Wildman–Crippen LogP) is 3.10. The highest BCUT2D eigenvalue weighted by molar-refractivity contribution is 6.03. The van der Waals surface area contributed by atoms with Crippen LogP contribution in [0.2, 0.25) is 0 Å². The van der Waals surface area contributed by atoms with Crippen LogP contribution in [0.4, 0.5) is 5.69 Å². The highest BCUT2D eigenvalue weighted by atomic mass is 16.4. The second-order valence-corrected chi connectivity index (χ2v) is 5.76. The van der Waals surface area contributed by atoms with Gasteiger partial charge in [0.15, 0.2) is 5.69 Å². The van der Waals surface area contributed by atoms with Crippen molar-refractivity contribution >= 4 is 22.6 Å². The maximum atomic E-state index is 11.6. The lowest BCUT2D eigenvalue weighted by molar-refractivity contribution is 0.0690. The highest BCUT2D eigenvalue weighted by Crippen LogP contribution is 2.35. The zero-order valence-corrected chi connectivity index (χ0v) is 12.3. The minimum Gasteiger partial charge on any atom is -0.476 e. The van der Waals surface area contributed by atoms with Crippen molar-refractivity contribution in [2.75, 3.05) is 4.90 Å². The number of nitrogens with zero attached hydrogens (tertiary/aromatic N) is 3. The molecule has 1 aromatic heterocycles. The summed E-state index contributed by atoms with van der Waals surface area (Å²) in [5, 5.41) is 18.4. The molecule has 1 aromatic carbocycles. The van der Waals surface area contributed by atoms with Crippen molar-refractivity contribution in [2.45, 2.75) is 45.2 Å². The standard InChI is InChI=1S/C16H19N3O2/c1-10-6-5-7-11(2)19(10)15-12-8-3-4-9-13(12)17-18-14(15)16(20)21/h3-4,8-11H,5-7H2,1-2H3,(H,20,21). The third kappa shape index (κ3) is 2.33. The van der Waals surface area contributed by atoms with Crippen LogP contribution in [0.25, 0.3) is 10.9 Å². The maximum Gasteiger partial charge on any atom is 0.358 e. The molecule has 1 saturated heterocycles. The molecule has 2 unspecified atom stereocenters. The van der Waals surface area contributed by atoms with Gasteiger partial charge in [-0.05, 0) is 39.2 Å². The van der Waals surface area contributed by atoms with Crippen LogP contribution < -0.4 is 4.90 Å². The van der Waals surface area contributed by atoms with E-state index in [0.717, 1.165) is 23.7 Å². The van der Waals surface area contributed by atoms with Crippen LogP contribution >= 0.6 is 0 Å². The van der Waals surface area contributed by atoms with Crippen molar-refractivity contribution in [1.82, 2.24) is 10.2 Å². The molecular formula is C16H19N3O2. The lowest BCUT2D eigenvalue weighted by Gasteiger charge is -2.41. The van der Waals surface area contributed by atoms with E-state index in [9.17, 15) is 9.90 Å². The molecule has 0 radical (unpaired) electrons. The number of carbonyl (C=O) groups is 1. The number of anilines is 1. The van der Waals surface area contributed by atoms with Gasteiger partial charge in [0.05, 0.1) is 11.2 Å². The number of aromatic carboxylic acids is 1. The molecule has 1 N–H and O–H groups in total. The number of benzene rings is 1. The first-order valence-corrected chi connectivity index (χ1v) is 7.36. The van der Waals surface area contributed by atoms with Crippen LogP contribution in [0, 0.1) is 0 Å². The van der Waals surface area contributed by atoms with E-state index in [-0.39, 0.29) is 5.69 Å². The fraction of sp³-hybridized carbons (Fsp3) is 0.438. The zero-order chi connectivity index (χ0) is 15.0. The van der Waals surface area contributed by atoms with Crippen molar-refractivity contribution in [3.63, 3.8) is 0 Å². The van der Waals surface area contributed by atoms with E-state index < -0.39 is 5.97 Å². The van der Waals surface area contributed by atoms with Gasteiger partial charge in [-0.25, -0.2) is 4.79 Å². The summed E-state index contributed by atoms with van der Waals surface area (Å²) >= 11 is 0. The average molecular weight is 285 g/mol. The average Bonchev–Trinajstić information content (AvgIpc) is 2.46. The quantitative estimate of drug-likeness (QED) is 0.918. The normalized spacial score (nSPS) is 22.5. The molecule has 1 aliphatic rings. The number of hydrogen-bond donors (Lipinski definition) is 1. The second-order valence-electron chi connectivity index (χ2n) is 5.76. The van der Waals surface area contributed by atoms with Gasteiger partial charge in [0.2, 0.25) is 0 Å². The Morgan fingerprint density at radius 3 is 2.52 bits per heavy atom. The Bertz CT molecular complexity index is 676. The molecule has 5 nitrogen and oxygen atoms in total. The van der Waals surface area contributed by atoms with E-state index in [0.29, 0.717) is 17.8 Å². The lowest BCUT2D eigenvalue weighted by Crippen LogP contribution is -2.44. The van der Waals surface area contributed by atoms with E-state index >= 15 is 0 Å². The number of rotatable bonds is 2. The molecule has 0 bridgehead atoms. The van der Waals surface area contributed by atoms with Crippen molar-refractivity contribution in [3.8, 4) is 0 Å². The van der Waals surface area contributed by atoms with Crippen LogP contribution in [-0.2, 0) is 0 Å². The van der Waals surface area contributed by atoms with Crippen LogP contribution in [-0.4, -0.2) is 33.4 Å².